The fraction of sp³-hybridized carbons (Fsp3) is 0.118. The third-order valence-electron chi connectivity index (χ3n) is 3.57. The van der Waals surface area contributed by atoms with Crippen LogP contribution in [0.3, 0.4) is 0 Å². The number of benzene rings is 2. The van der Waals surface area contributed by atoms with Crippen LogP contribution in [0, 0.1) is 0 Å². The van der Waals surface area contributed by atoms with E-state index in [1.807, 2.05) is 0 Å². The number of alkyl halides is 1. The van der Waals surface area contributed by atoms with Crippen LogP contribution in [-0.2, 0) is 4.79 Å². The molecular weight excluding hydrogens is 302 g/mol. The predicted molar refractivity (Wildman–Crippen MR) is 83.7 cm³/mol. The summed E-state index contributed by atoms with van der Waals surface area (Å²) in [5, 5.41) is 1.87. The summed E-state index contributed by atoms with van der Waals surface area (Å²) in [4.78, 5) is 37.0. The molecule has 1 N–H and O–H groups in total. The fourth-order valence-electron chi connectivity index (χ4n) is 2.48. The Bertz CT molecular complexity index is 811. The van der Waals surface area contributed by atoms with Gasteiger partial charge in [0.05, 0.1) is 11.3 Å². The SMILES string of the molecule is CC(Cl)C(=O)Nc1cccc2c1C(=O)c1ccccc1C2=O. The number of anilines is 1. The molecule has 1 amide bonds. The molecule has 0 saturated carbocycles. The van der Waals surface area contributed by atoms with Gasteiger partial charge >= 0.3 is 0 Å². The molecule has 0 fully saturated rings. The minimum absolute atomic E-state index is 0.219. The highest BCUT2D eigenvalue weighted by molar-refractivity contribution is 6.34. The predicted octanol–water partition coefficient (Wildman–Crippen LogP) is 3.03. The lowest BCUT2D eigenvalue weighted by Crippen LogP contribution is -2.26. The van der Waals surface area contributed by atoms with Crippen LogP contribution in [0.15, 0.2) is 42.5 Å². The molecule has 2 aromatic carbocycles. The molecule has 1 unspecified atom stereocenters. The molecule has 2 aromatic rings. The average Bonchev–Trinajstić information content (AvgIpc) is 2.52. The Morgan fingerprint density at radius 3 is 2.18 bits per heavy atom. The number of hydrogen-bond donors (Lipinski definition) is 1. The van der Waals surface area contributed by atoms with Crippen LogP contribution in [0.25, 0.3) is 0 Å². The number of rotatable bonds is 2. The first kappa shape index (κ1) is 14.5. The first-order chi connectivity index (χ1) is 10.5. The van der Waals surface area contributed by atoms with Crippen molar-refractivity contribution >= 4 is 34.8 Å². The molecule has 0 heterocycles. The van der Waals surface area contributed by atoms with Crippen LogP contribution >= 0.6 is 11.6 Å². The van der Waals surface area contributed by atoms with Crippen LogP contribution in [0.5, 0.6) is 0 Å². The van der Waals surface area contributed by atoms with E-state index in [0.717, 1.165) is 0 Å². The summed E-state index contributed by atoms with van der Waals surface area (Å²) in [6.45, 7) is 1.54. The third kappa shape index (κ3) is 2.22. The number of carbonyl (C=O) groups excluding carboxylic acids is 3. The van der Waals surface area contributed by atoms with Crippen molar-refractivity contribution in [3.63, 3.8) is 0 Å². The van der Waals surface area contributed by atoms with Crippen molar-refractivity contribution in [1.29, 1.82) is 0 Å². The summed E-state index contributed by atoms with van der Waals surface area (Å²) in [6.07, 6.45) is 0. The minimum Gasteiger partial charge on any atom is -0.324 e. The maximum absolute atomic E-state index is 12.7. The van der Waals surface area contributed by atoms with Crippen LogP contribution < -0.4 is 5.32 Å². The first-order valence-electron chi connectivity index (χ1n) is 6.77. The maximum atomic E-state index is 12.7. The highest BCUT2D eigenvalue weighted by Gasteiger charge is 2.31. The molecule has 4 nitrogen and oxygen atoms in total. The van der Waals surface area contributed by atoms with Gasteiger partial charge in [-0.05, 0) is 13.0 Å². The van der Waals surface area contributed by atoms with Gasteiger partial charge in [0.2, 0.25) is 5.91 Å². The van der Waals surface area contributed by atoms with E-state index < -0.39 is 11.3 Å². The second-order valence-corrected chi connectivity index (χ2v) is 5.69. The number of nitrogens with one attached hydrogen (secondary N) is 1. The molecule has 5 heteroatoms. The lowest BCUT2D eigenvalue weighted by atomic mass is 9.83. The Labute approximate surface area is 132 Å². The van der Waals surface area contributed by atoms with Crippen molar-refractivity contribution in [2.75, 3.05) is 5.32 Å². The summed E-state index contributed by atoms with van der Waals surface area (Å²) >= 11 is 5.74. The average molecular weight is 314 g/mol. The molecule has 0 bridgehead atoms. The van der Waals surface area contributed by atoms with Crippen LogP contribution in [-0.4, -0.2) is 22.9 Å². The van der Waals surface area contributed by atoms with E-state index >= 15 is 0 Å². The monoisotopic (exact) mass is 313 g/mol. The number of ketones is 2. The van der Waals surface area contributed by atoms with Crippen molar-refractivity contribution in [1.82, 2.24) is 0 Å². The van der Waals surface area contributed by atoms with E-state index in [1.165, 1.54) is 6.92 Å². The summed E-state index contributed by atoms with van der Waals surface area (Å²) in [5.74, 6) is -0.919. The Kier molecular flexibility index (Phi) is 3.54. The molecule has 0 aliphatic heterocycles. The van der Waals surface area contributed by atoms with Crippen molar-refractivity contribution in [3.8, 4) is 0 Å². The Morgan fingerprint density at radius 1 is 0.955 bits per heavy atom. The zero-order valence-corrected chi connectivity index (χ0v) is 12.5. The van der Waals surface area contributed by atoms with Gasteiger partial charge in [-0.3, -0.25) is 14.4 Å². The van der Waals surface area contributed by atoms with E-state index in [1.54, 1.807) is 42.5 Å². The zero-order chi connectivity index (χ0) is 15.9. The smallest absolute Gasteiger partial charge is 0.242 e. The first-order valence-corrected chi connectivity index (χ1v) is 7.20. The number of carbonyl (C=O) groups is 3. The lowest BCUT2D eigenvalue weighted by Gasteiger charge is -2.20. The molecule has 1 aliphatic rings. The Hall–Kier alpha value is -2.46. The number of fused-ring (bicyclic) bond motifs is 2. The van der Waals surface area contributed by atoms with Crippen molar-refractivity contribution in [2.24, 2.45) is 0 Å². The second-order valence-electron chi connectivity index (χ2n) is 5.04. The van der Waals surface area contributed by atoms with Gasteiger partial charge in [-0.15, -0.1) is 11.6 Å². The highest BCUT2D eigenvalue weighted by atomic mass is 35.5. The summed E-state index contributed by atoms with van der Waals surface area (Å²) in [7, 11) is 0. The van der Waals surface area contributed by atoms with Gasteiger partial charge in [0.1, 0.15) is 5.38 Å². The molecule has 0 saturated heterocycles. The number of hydrogen-bond acceptors (Lipinski definition) is 3. The largest absolute Gasteiger partial charge is 0.324 e. The van der Waals surface area contributed by atoms with Gasteiger partial charge in [-0.25, -0.2) is 0 Å². The van der Waals surface area contributed by atoms with Crippen molar-refractivity contribution in [2.45, 2.75) is 12.3 Å². The van der Waals surface area contributed by atoms with Crippen molar-refractivity contribution in [3.05, 3.63) is 64.7 Å². The molecule has 22 heavy (non-hydrogen) atoms. The third-order valence-corrected chi connectivity index (χ3v) is 3.77. The van der Waals surface area contributed by atoms with E-state index in [9.17, 15) is 14.4 Å². The van der Waals surface area contributed by atoms with Gasteiger partial charge in [-0.1, -0.05) is 36.4 Å². The van der Waals surface area contributed by atoms with Gasteiger partial charge < -0.3 is 5.32 Å². The van der Waals surface area contributed by atoms with Crippen molar-refractivity contribution < 1.29 is 14.4 Å². The normalized spacial score (nSPS) is 14.1. The molecule has 1 aliphatic carbocycles. The van der Waals surface area contributed by atoms with E-state index in [4.69, 9.17) is 11.6 Å². The van der Waals surface area contributed by atoms with Gasteiger partial charge in [-0.2, -0.15) is 0 Å². The second kappa shape index (κ2) is 5.39. The number of halogens is 1. The Morgan fingerprint density at radius 2 is 1.55 bits per heavy atom. The Balaban J connectivity index is 2.15. The van der Waals surface area contributed by atoms with Crippen LogP contribution in [0.2, 0.25) is 0 Å². The lowest BCUT2D eigenvalue weighted by molar-refractivity contribution is -0.115. The number of amides is 1. The van der Waals surface area contributed by atoms with Gasteiger partial charge in [0.15, 0.2) is 11.6 Å². The van der Waals surface area contributed by atoms with Crippen LogP contribution in [0.4, 0.5) is 5.69 Å². The molecule has 1 atom stereocenters. The summed E-state index contributed by atoms with van der Waals surface area (Å²) in [5.41, 5.74) is 1.55. The molecule has 0 aromatic heterocycles. The zero-order valence-electron chi connectivity index (χ0n) is 11.7. The molecule has 0 radical (unpaired) electrons. The maximum Gasteiger partial charge on any atom is 0.242 e. The van der Waals surface area contributed by atoms with Gasteiger partial charge in [0.25, 0.3) is 0 Å². The van der Waals surface area contributed by atoms with E-state index in [2.05, 4.69) is 5.32 Å². The summed E-state index contributed by atoms with van der Waals surface area (Å²) < 4.78 is 0. The highest BCUT2D eigenvalue weighted by Crippen LogP contribution is 2.31. The van der Waals surface area contributed by atoms with Crippen LogP contribution in [0.1, 0.15) is 38.8 Å². The summed E-state index contributed by atoms with van der Waals surface area (Å²) in [6, 6.07) is 11.5. The van der Waals surface area contributed by atoms with Gasteiger partial charge in [0, 0.05) is 16.7 Å². The topological polar surface area (TPSA) is 63.2 Å². The molecule has 110 valence electrons. The minimum atomic E-state index is -0.738. The van der Waals surface area contributed by atoms with E-state index in [0.29, 0.717) is 22.4 Å². The molecule has 0 spiro atoms. The fourth-order valence-corrected chi connectivity index (χ4v) is 2.54. The standard InChI is InChI=1S/C17H12ClNO3/c1-9(18)17(22)19-13-8-4-7-12-14(13)16(21)11-6-3-2-5-10(11)15(12)20/h2-9H,1H3,(H,19,22). The molecule has 3 rings (SSSR count). The quantitative estimate of drug-likeness (QED) is 0.740. The molecular formula is C17H12ClNO3. The van der Waals surface area contributed by atoms with E-state index in [-0.39, 0.29) is 17.1 Å².